The highest BCUT2D eigenvalue weighted by atomic mass is 127. The Bertz CT molecular complexity index is 819. The zero-order valence-electron chi connectivity index (χ0n) is 18.6. The lowest BCUT2D eigenvalue weighted by atomic mass is 10.00. The number of guanidine groups is 1. The fourth-order valence-corrected chi connectivity index (χ4v) is 4.20. The molecule has 1 aliphatic rings. The molecule has 32 heavy (non-hydrogen) atoms. The van der Waals surface area contributed by atoms with Crippen LogP contribution in [0, 0.1) is 0 Å². The fraction of sp³-hybridized carbons (Fsp3) is 0.545. The number of hydrogen-bond donors (Lipinski definition) is 3. The predicted molar refractivity (Wildman–Crippen MR) is 137 cm³/mol. The number of aliphatic hydroxyl groups is 1. The molecule has 0 radical (unpaired) electrons. The van der Waals surface area contributed by atoms with Crippen molar-refractivity contribution in [2.45, 2.75) is 44.8 Å². The molecule has 10 heteroatoms. The van der Waals surface area contributed by atoms with Crippen molar-refractivity contribution < 1.29 is 19.1 Å². The van der Waals surface area contributed by atoms with E-state index in [2.05, 4.69) is 15.6 Å². The largest absolute Gasteiger partial charge is 0.469 e. The number of furan rings is 1. The maximum absolute atomic E-state index is 11.9. The van der Waals surface area contributed by atoms with Gasteiger partial charge in [-0.2, -0.15) is 11.3 Å². The molecular formula is C22H33IN4O4S. The van der Waals surface area contributed by atoms with Gasteiger partial charge in [-0.05, 0) is 61.2 Å². The third-order valence-corrected chi connectivity index (χ3v) is 5.98. The Morgan fingerprint density at radius 1 is 1.41 bits per heavy atom. The predicted octanol–water partition coefficient (Wildman–Crippen LogP) is 3.57. The van der Waals surface area contributed by atoms with Crippen LogP contribution in [0.4, 0.5) is 4.79 Å². The maximum atomic E-state index is 11.9. The summed E-state index contributed by atoms with van der Waals surface area (Å²) in [5.41, 5.74) is -0.179. The molecule has 0 saturated carbocycles. The standard InChI is InChI=1S/C22H32N4O4S.HI/c1-3-29-21(27)26-11-7-18(8-12-26)25-20(23-10-6-19-5-4-13-30-19)24-16-22(2,28)17-9-14-31-15-17;/h4-5,9,13-15,18,28H,3,6-8,10-12,16H2,1-2H3,(H2,23,24,25);1H. The summed E-state index contributed by atoms with van der Waals surface area (Å²) in [5, 5.41) is 21.5. The van der Waals surface area contributed by atoms with Crippen molar-refractivity contribution in [2.24, 2.45) is 4.99 Å². The van der Waals surface area contributed by atoms with Crippen LogP contribution in [-0.2, 0) is 16.8 Å². The molecule has 0 aliphatic carbocycles. The molecule has 178 valence electrons. The number of rotatable bonds is 8. The van der Waals surface area contributed by atoms with Crippen molar-refractivity contribution in [1.29, 1.82) is 0 Å². The highest BCUT2D eigenvalue weighted by molar-refractivity contribution is 14.0. The number of likely N-dealkylation sites (tertiary alicyclic amines) is 1. The van der Waals surface area contributed by atoms with Crippen molar-refractivity contribution in [3.05, 3.63) is 46.5 Å². The molecule has 3 rings (SSSR count). The second kappa shape index (κ2) is 13.0. The Labute approximate surface area is 210 Å². The average molecular weight is 577 g/mol. The lowest BCUT2D eigenvalue weighted by Crippen LogP contribution is -2.50. The van der Waals surface area contributed by atoms with Crippen molar-refractivity contribution in [2.75, 3.05) is 32.8 Å². The second-order valence-corrected chi connectivity index (χ2v) is 8.59. The van der Waals surface area contributed by atoms with Gasteiger partial charge in [-0.15, -0.1) is 24.0 Å². The van der Waals surface area contributed by atoms with Crippen molar-refractivity contribution >= 4 is 47.4 Å². The summed E-state index contributed by atoms with van der Waals surface area (Å²) >= 11 is 1.55. The number of aliphatic imine (C=N–C) groups is 1. The Kier molecular flexibility index (Phi) is 10.8. The molecular weight excluding hydrogens is 543 g/mol. The quantitative estimate of drug-likeness (QED) is 0.253. The van der Waals surface area contributed by atoms with Crippen LogP contribution in [-0.4, -0.2) is 60.9 Å². The van der Waals surface area contributed by atoms with Crippen molar-refractivity contribution in [3.8, 4) is 0 Å². The summed E-state index contributed by atoms with van der Waals surface area (Å²) in [6, 6.07) is 5.92. The first-order chi connectivity index (χ1) is 15.0. The number of nitrogens with zero attached hydrogens (tertiary/aromatic N) is 2. The molecule has 1 amide bonds. The number of halogens is 1. The van der Waals surface area contributed by atoms with Crippen LogP contribution in [0.15, 0.2) is 44.6 Å². The van der Waals surface area contributed by atoms with Crippen LogP contribution >= 0.6 is 35.3 Å². The fourth-order valence-electron chi connectivity index (χ4n) is 3.42. The van der Waals surface area contributed by atoms with E-state index in [1.807, 2.05) is 35.9 Å². The molecule has 2 aromatic heterocycles. The van der Waals surface area contributed by atoms with Gasteiger partial charge in [-0.25, -0.2) is 9.79 Å². The molecule has 3 heterocycles. The lowest BCUT2D eigenvalue weighted by molar-refractivity contribution is 0.0676. The zero-order valence-corrected chi connectivity index (χ0v) is 21.7. The minimum absolute atomic E-state index is 0. The second-order valence-electron chi connectivity index (χ2n) is 7.81. The summed E-state index contributed by atoms with van der Waals surface area (Å²) in [7, 11) is 0. The SMILES string of the molecule is CCOC(=O)N1CCC(NC(=NCC(C)(O)c2ccsc2)NCCc2ccco2)CC1.I. The molecule has 3 N–H and O–H groups in total. The maximum Gasteiger partial charge on any atom is 0.409 e. The van der Waals surface area contributed by atoms with E-state index in [4.69, 9.17) is 9.15 Å². The van der Waals surface area contributed by atoms with Gasteiger partial charge in [0.25, 0.3) is 0 Å². The average Bonchev–Trinajstić information content (AvgIpc) is 3.47. The van der Waals surface area contributed by atoms with Crippen LogP contribution < -0.4 is 10.6 Å². The monoisotopic (exact) mass is 576 g/mol. The molecule has 0 bridgehead atoms. The highest BCUT2D eigenvalue weighted by Crippen LogP contribution is 2.23. The van der Waals surface area contributed by atoms with Crippen LogP contribution in [0.2, 0.25) is 0 Å². The summed E-state index contributed by atoms with van der Waals surface area (Å²) < 4.78 is 10.5. The van der Waals surface area contributed by atoms with Gasteiger partial charge in [-0.1, -0.05) is 0 Å². The summed E-state index contributed by atoms with van der Waals surface area (Å²) in [5.74, 6) is 1.55. The first-order valence-electron chi connectivity index (χ1n) is 10.7. The molecule has 1 saturated heterocycles. The number of carbonyl (C=O) groups is 1. The molecule has 1 fully saturated rings. The first kappa shape index (κ1) is 26.5. The van der Waals surface area contributed by atoms with E-state index in [0.717, 1.165) is 30.6 Å². The molecule has 0 spiro atoms. The summed E-state index contributed by atoms with van der Waals surface area (Å²) in [6.07, 6.45) is 3.75. The van der Waals surface area contributed by atoms with Gasteiger partial charge in [0.1, 0.15) is 11.4 Å². The number of piperidine rings is 1. The molecule has 1 atom stereocenters. The number of amides is 1. The van der Waals surface area contributed by atoms with Crippen LogP contribution in [0.3, 0.4) is 0 Å². The molecule has 2 aromatic rings. The Hall–Kier alpha value is -1.79. The molecule has 0 aromatic carbocycles. The zero-order chi connectivity index (χ0) is 22.1. The van der Waals surface area contributed by atoms with Gasteiger partial charge >= 0.3 is 6.09 Å². The van der Waals surface area contributed by atoms with Gasteiger partial charge in [0.2, 0.25) is 0 Å². The van der Waals surface area contributed by atoms with Crippen LogP contribution in [0.5, 0.6) is 0 Å². The van der Waals surface area contributed by atoms with E-state index >= 15 is 0 Å². The number of hydrogen-bond acceptors (Lipinski definition) is 6. The van der Waals surface area contributed by atoms with Gasteiger partial charge < -0.3 is 29.8 Å². The van der Waals surface area contributed by atoms with Crippen molar-refractivity contribution in [3.63, 3.8) is 0 Å². The normalized spacial score (nSPS) is 16.7. The van der Waals surface area contributed by atoms with Crippen LogP contribution in [0.1, 0.15) is 38.0 Å². The van der Waals surface area contributed by atoms with Gasteiger partial charge in [0.15, 0.2) is 5.96 Å². The van der Waals surface area contributed by atoms with Gasteiger partial charge in [0, 0.05) is 32.1 Å². The van der Waals surface area contributed by atoms with Gasteiger partial charge in [0.05, 0.1) is 19.4 Å². The molecule has 1 aliphatic heterocycles. The van der Waals surface area contributed by atoms with E-state index in [1.54, 1.807) is 29.4 Å². The smallest absolute Gasteiger partial charge is 0.409 e. The molecule has 8 nitrogen and oxygen atoms in total. The lowest BCUT2D eigenvalue weighted by Gasteiger charge is -2.32. The Morgan fingerprint density at radius 3 is 2.81 bits per heavy atom. The van der Waals surface area contributed by atoms with E-state index in [1.165, 1.54) is 0 Å². The minimum Gasteiger partial charge on any atom is -0.469 e. The Balaban J connectivity index is 0.00000363. The first-order valence-corrected chi connectivity index (χ1v) is 11.7. The number of nitrogens with one attached hydrogen (secondary N) is 2. The highest BCUT2D eigenvalue weighted by Gasteiger charge is 2.26. The number of carbonyl (C=O) groups excluding carboxylic acids is 1. The topological polar surface area (TPSA) is 99.3 Å². The van der Waals surface area contributed by atoms with E-state index in [9.17, 15) is 9.90 Å². The van der Waals surface area contributed by atoms with Crippen molar-refractivity contribution in [1.82, 2.24) is 15.5 Å². The van der Waals surface area contributed by atoms with Crippen LogP contribution in [0.25, 0.3) is 0 Å². The van der Waals surface area contributed by atoms with E-state index < -0.39 is 5.60 Å². The van der Waals surface area contributed by atoms with Gasteiger partial charge in [-0.3, -0.25) is 0 Å². The Morgan fingerprint density at radius 2 is 2.19 bits per heavy atom. The number of thiophene rings is 1. The number of ether oxygens (including phenoxy) is 1. The third kappa shape index (κ3) is 7.96. The third-order valence-electron chi connectivity index (χ3n) is 5.29. The van der Waals surface area contributed by atoms with E-state index in [-0.39, 0.29) is 42.7 Å². The van der Waals surface area contributed by atoms with E-state index in [0.29, 0.717) is 32.2 Å². The molecule has 1 unspecified atom stereocenters. The minimum atomic E-state index is -1.04. The summed E-state index contributed by atoms with van der Waals surface area (Å²) in [6.45, 7) is 6.15. The summed E-state index contributed by atoms with van der Waals surface area (Å²) in [4.78, 5) is 18.3.